The molecule has 3 aromatic rings. The van der Waals surface area contributed by atoms with Gasteiger partial charge in [-0.25, -0.2) is 9.97 Å². The van der Waals surface area contributed by atoms with Crippen LogP contribution in [0.2, 0.25) is 0 Å². The van der Waals surface area contributed by atoms with Gasteiger partial charge in [0, 0.05) is 41.8 Å². The molecular formula is C25H29N5O2. The van der Waals surface area contributed by atoms with Crippen LogP contribution >= 0.6 is 0 Å². The Morgan fingerprint density at radius 3 is 2.59 bits per heavy atom. The van der Waals surface area contributed by atoms with E-state index < -0.39 is 0 Å². The largest absolute Gasteiger partial charge is 0.497 e. The van der Waals surface area contributed by atoms with Crippen LogP contribution in [0.4, 0.5) is 11.6 Å². The fourth-order valence-corrected chi connectivity index (χ4v) is 3.99. The molecule has 1 aliphatic rings. The van der Waals surface area contributed by atoms with Crippen LogP contribution in [0.25, 0.3) is 11.1 Å². The number of rotatable bonds is 8. The van der Waals surface area contributed by atoms with Crippen LogP contribution in [0.1, 0.15) is 29.6 Å². The highest BCUT2D eigenvalue weighted by Gasteiger charge is 2.20. The van der Waals surface area contributed by atoms with E-state index in [2.05, 4.69) is 32.5 Å². The smallest absolute Gasteiger partial charge is 0.251 e. The van der Waals surface area contributed by atoms with E-state index in [0.29, 0.717) is 24.1 Å². The molecule has 0 aliphatic carbocycles. The normalized spacial score (nSPS) is 16.0. The maximum Gasteiger partial charge on any atom is 0.251 e. The molecule has 2 aromatic carbocycles. The van der Waals surface area contributed by atoms with E-state index in [-0.39, 0.29) is 5.91 Å². The van der Waals surface area contributed by atoms with Gasteiger partial charge in [-0.05, 0) is 68.8 Å². The maximum atomic E-state index is 12.6. The number of amides is 1. The van der Waals surface area contributed by atoms with Crippen molar-refractivity contribution in [2.45, 2.75) is 25.3 Å². The summed E-state index contributed by atoms with van der Waals surface area (Å²) in [5, 5.41) is 6.21. The highest BCUT2D eigenvalue weighted by atomic mass is 16.5. The Balaban J connectivity index is 1.34. The lowest BCUT2D eigenvalue weighted by Crippen LogP contribution is -2.31. The number of carbonyl (C=O) groups is 1. The van der Waals surface area contributed by atoms with E-state index in [0.717, 1.165) is 35.5 Å². The van der Waals surface area contributed by atoms with Gasteiger partial charge in [-0.2, -0.15) is 0 Å². The van der Waals surface area contributed by atoms with Gasteiger partial charge in [-0.3, -0.25) is 4.79 Å². The van der Waals surface area contributed by atoms with Crippen LogP contribution in [0.15, 0.2) is 60.9 Å². The van der Waals surface area contributed by atoms with Gasteiger partial charge in [-0.1, -0.05) is 18.2 Å². The number of anilines is 2. The van der Waals surface area contributed by atoms with E-state index in [1.807, 2.05) is 48.5 Å². The van der Waals surface area contributed by atoms with Crippen LogP contribution < -0.4 is 15.4 Å². The number of likely N-dealkylation sites (tertiary alicyclic amines) is 1. The topological polar surface area (TPSA) is 79.4 Å². The van der Waals surface area contributed by atoms with Crippen molar-refractivity contribution in [3.05, 3.63) is 66.5 Å². The Hall–Kier alpha value is -3.45. The standard InChI is InChI=1S/C25H29N5O2/c1-30-14-4-7-22(30)12-13-26-24(31)19-5-3-6-21(15-19)29-25-27-16-20(17-28-25)18-8-10-23(32-2)11-9-18/h3,5-6,8-11,15-17,22H,4,7,12-14H2,1-2H3,(H,26,31)(H,27,28,29). The van der Waals surface area contributed by atoms with Gasteiger partial charge in [0.15, 0.2) is 0 Å². The summed E-state index contributed by atoms with van der Waals surface area (Å²) in [5.41, 5.74) is 3.31. The summed E-state index contributed by atoms with van der Waals surface area (Å²) in [6, 6.07) is 15.7. The van der Waals surface area contributed by atoms with Crippen LogP contribution in [-0.2, 0) is 0 Å². The lowest BCUT2D eigenvalue weighted by atomic mass is 10.1. The van der Waals surface area contributed by atoms with Crippen molar-refractivity contribution < 1.29 is 9.53 Å². The molecule has 2 heterocycles. The summed E-state index contributed by atoms with van der Waals surface area (Å²) in [5.74, 6) is 1.22. The van der Waals surface area contributed by atoms with Gasteiger partial charge in [0.05, 0.1) is 7.11 Å². The number of nitrogens with zero attached hydrogens (tertiary/aromatic N) is 3. The maximum absolute atomic E-state index is 12.6. The lowest BCUT2D eigenvalue weighted by Gasteiger charge is -2.19. The number of carbonyl (C=O) groups excluding carboxylic acids is 1. The molecular weight excluding hydrogens is 402 g/mol. The van der Waals surface area contributed by atoms with Gasteiger partial charge >= 0.3 is 0 Å². The number of nitrogens with one attached hydrogen (secondary N) is 2. The molecule has 166 valence electrons. The highest BCUT2D eigenvalue weighted by molar-refractivity contribution is 5.95. The van der Waals surface area contributed by atoms with Crippen molar-refractivity contribution in [3.8, 4) is 16.9 Å². The molecule has 7 heteroatoms. The predicted octanol–water partition coefficient (Wildman–Crippen LogP) is 4.11. The molecule has 2 N–H and O–H groups in total. The summed E-state index contributed by atoms with van der Waals surface area (Å²) in [7, 11) is 3.80. The summed E-state index contributed by atoms with van der Waals surface area (Å²) in [4.78, 5) is 23.8. The van der Waals surface area contributed by atoms with E-state index in [1.165, 1.54) is 12.8 Å². The average Bonchev–Trinajstić information content (AvgIpc) is 3.24. The number of ether oxygens (including phenoxy) is 1. The zero-order chi connectivity index (χ0) is 22.3. The second-order valence-corrected chi connectivity index (χ2v) is 8.05. The molecule has 4 rings (SSSR count). The fraction of sp³-hybridized carbons (Fsp3) is 0.320. The molecule has 0 saturated carbocycles. The Labute approximate surface area is 188 Å². The molecule has 1 saturated heterocycles. The highest BCUT2D eigenvalue weighted by Crippen LogP contribution is 2.22. The second-order valence-electron chi connectivity index (χ2n) is 8.05. The van der Waals surface area contributed by atoms with E-state index in [1.54, 1.807) is 19.5 Å². The van der Waals surface area contributed by atoms with Crippen molar-refractivity contribution >= 4 is 17.5 Å². The quantitative estimate of drug-likeness (QED) is 0.559. The molecule has 1 fully saturated rings. The first kappa shape index (κ1) is 21.8. The van der Waals surface area contributed by atoms with Crippen molar-refractivity contribution in [2.75, 3.05) is 32.6 Å². The zero-order valence-corrected chi connectivity index (χ0v) is 18.5. The molecule has 1 unspecified atom stereocenters. The van der Waals surface area contributed by atoms with Crippen molar-refractivity contribution in [1.82, 2.24) is 20.2 Å². The van der Waals surface area contributed by atoms with Crippen molar-refractivity contribution in [1.29, 1.82) is 0 Å². The van der Waals surface area contributed by atoms with Gasteiger partial charge in [0.1, 0.15) is 5.75 Å². The average molecular weight is 432 g/mol. The van der Waals surface area contributed by atoms with Crippen LogP contribution in [-0.4, -0.2) is 54.1 Å². The van der Waals surface area contributed by atoms with Crippen molar-refractivity contribution in [3.63, 3.8) is 0 Å². The Morgan fingerprint density at radius 1 is 1.12 bits per heavy atom. The van der Waals surface area contributed by atoms with E-state index in [4.69, 9.17) is 4.74 Å². The van der Waals surface area contributed by atoms with Crippen LogP contribution in [0.3, 0.4) is 0 Å². The molecule has 0 spiro atoms. The molecule has 32 heavy (non-hydrogen) atoms. The third-order valence-corrected chi connectivity index (χ3v) is 5.89. The number of benzene rings is 2. The van der Waals surface area contributed by atoms with Gasteiger partial charge in [0.2, 0.25) is 5.95 Å². The van der Waals surface area contributed by atoms with Crippen molar-refractivity contribution in [2.24, 2.45) is 0 Å². The van der Waals surface area contributed by atoms with Crippen LogP contribution in [0, 0.1) is 0 Å². The Morgan fingerprint density at radius 2 is 1.91 bits per heavy atom. The SMILES string of the molecule is COc1ccc(-c2cnc(Nc3cccc(C(=O)NCCC4CCCN4C)c3)nc2)cc1. The third-order valence-electron chi connectivity index (χ3n) is 5.89. The number of aromatic nitrogens is 2. The summed E-state index contributed by atoms with van der Waals surface area (Å²) in [6.45, 7) is 1.83. The van der Waals surface area contributed by atoms with Gasteiger partial charge in [-0.15, -0.1) is 0 Å². The predicted molar refractivity (Wildman–Crippen MR) is 126 cm³/mol. The first-order valence-corrected chi connectivity index (χ1v) is 10.9. The zero-order valence-electron chi connectivity index (χ0n) is 18.5. The number of hydrogen-bond donors (Lipinski definition) is 2. The Bertz CT molecular complexity index is 1040. The summed E-state index contributed by atoms with van der Waals surface area (Å²) in [6.07, 6.45) is 6.98. The molecule has 1 amide bonds. The molecule has 0 bridgehead atoms. The molecule has 1 aromatic heterocycles. The molecule has 1 atom stereocenters. The van der Waals surface area contributed by atoms with E-state index in [9.17, 15) is 4.79 Å². The van der Waals surface area contributed by atoms with Gasteiger partial charge in [0.25, 0.3) is 5.91 Å². The first-order valence-electron chi connectivity index (χ1n) is 10.9. The second kappa shape index (κ2) is 10.2. The number of hydrogen-bond acceptors (Lipinski definition) is 6. The summed E-state index contributed by atoms with van der Waals surface area (Å²) < 4.78 is 5.19. The minimum absolute atomic E-state index is 0.0647. The lowest BCUT2D eigenvalue weighted by molar-refractivity contribution is 0.0950. The molecule has 1 aliphatic heterocycles. The monoisotopic (exact) mass is 431 g/mol. The minimum Gasteiger partial charge on any atom is -0.497 e. The van der Waals surface area contributed by atoms with Gasteiger partial charge < -0.3 is 20.3 Å². The Kier molecular flexibility index (Phi) is 6.97. The number of methoxy groups -OCH3 is 1. The summed E-state index contributed by atoms with van der Waals surface area (Å²) >= 11 is 0. The third kappa shape index (κ3) is 5.42. The minimum atomic E-state index is -0.0647. The van der Waals surface area contributed by atoms with Crippen LogP contribution in [0.5, 0.6) is 5.75 Å². The fourth-order valence-electron chi connectivity index (χ4n) is 3.99. The van der Waals surface area contributed by atoms with E-state index >= 15 is 0 Å². The first-order chi connectivity index (χ1) is 15.6. The molecule has 0 radical (unpaired) electrons. The molecule has 7 nitrogen and oxygen atoms in total.